The van der Waals surface area contributed by atoms with Gasteiger partial charge in [-0.1, -0.05) is 0 Å². The number of allylic oxidation sites excluding steroid dienone is 1. The number of H-pyrrole nitrogens is 1. The van der Waals surface area contributed by atoms with Gasteiger partial charge < -0.3 is 14.4 Å². The first-order valence-corrected chi connectivity index (χ1v) is 9.05. The average Bonchev–Trinajstić information content (AvgIpc) is 3.14. The Hall–Kier alpha value is -2.90. The molecular weight excluding hydrogens is 344 g/mol. The van der Waals surface area contributed by atoms with E-state index in [0.717, 1.165) is 48.7 Å². The highest BCUT2D eigenvalue weighted by atomic mass is 16.5. The minimum Gasteiger partial charge on any atom is -0.489 e. The van der Waals surface area contributed by atoms with E-state index in [2.05, 4.69) is 25.1 Å². The number of aromatic amines is 1. The molecule has 0 atom stereocenters. The molecule has 0 aromatic carbocycles. The Kier molecular flexibility index (Phi) is 5.73. The van der Waals surface area contributed by atoms with Crippen LogP contribution in [0.4, 0.5) is 0 Å². The number of piperidine rings is 1. The molecule has 144 valence electrons. The molecule has 8 nitrogen and oxygen atoms in total. The number of amidine groups is 1. The second kappa shape index (κ2) is 8.20. The van der Waals surface area contributed by atoms with Crippen molar-refractivity contribution in [2.75, 3.05) is 20.2 Å². The first-order valence-electron chi connectivity index (χ1n) is 9.05. The second-order valence-electron chi connectivity index (χ2n) is 6.68. The summed E-state index contributed by atoms with van der Waals surface area (Å²) in [6.07, 6.45) is 3.54. The SMILES string of the molecule is COc1ccc(OC2CCN(C(=N)/C(C)=C(/C)c3n[nH]c(C)n3)CC2)cn1. The molecule has 1 aliphatic rings. The molecule has 8 heteroatoms. The van der Waals surface area contributed by atoms with E-state index < -0.39 is 0 Å². The lowest BCUT2D eigenvalue weighted by Crippen LogP contribution is -2.42. The summed E-state index contributed by atoms with van der Waals surface area (Å²) in [5.41, 5.74) is 1.82. The van der Waals surface area contributed by atoms with Crippen molar-refractivity contribution in [2.24, 2.45) is 0 Å². The molecule has 2 N–H and O–H groups in total. The van der Waals surface area contributed by atoms with Gasteiger partial charge in [0.05, 0.1) is 13.3 Å². The zero-order chi connectivity index (χ0) is 19.4. The van der Waals surface area contributed by atoms with Crippen LogP contribution in [0.1, 0.15) is 38.3 Å². The Morgan fingerprint density at radius 2 is 2.00 bits per heavy atom. The average molecular weight is 370 g/mol. The van der Waals surface area contributed by atoms with Gasteiger partial charge in [0.15, 0.2) is 5.82 Å². The van der Waals surface area contributed by atoms with Gasteiger partial charge in [-0.2, -0.15) is 5.10 Å². The fraction of sp³-hybridized carbons (Fsp3) is 0.474. The molecule has 0 radical (unpaired) electrons. The van der Waals surface area contributed by atoms with Crippen LogP contribution in [-0.2, 0) is 0 Å². The van der Waals surface area contributed by atoms with Gasteiger partial charge in [0, 0.05) is 37.6 Å². The topological polar surface area (TPSA) is 100 Å². The summed E-state index contributed by atoms with van der Waals surface area (Å²) < 4.78 is 11.1. The fourth-order valence-electron chi connectivity index (χ4n) is 3.04. The molecule has 2 aromatic heterocycles. The predicted octanol–water partition coefficient (Wildman–Crippen LogP) is 2.83. The number of pyridine rings is 1. The molecule has 3 rings (SSSR count). The maximum Gasteiger partial charge on any atom is 0.213 e. The third kappa shape index (κ3) is 4.45. The van der Waals surface area contributed by atoms with E-state index in [9.17, 15) is 0 Å². The quantitative estimate of drug-likeness (QED) is 0.620. The number of methoxy groups -OCH3 is 1. The van der Waals surface area contributed by atoms with E-state index in [1.807, 2.05) is 26.8 Å². The van der Waals surface area contributed by atoms with E-state index in [-0.39, 0.29) is 6.10 Å². The maximum atomic E-state index is 8.55. The van der Waals surface area contributed by atoms with Crippen molar-refractivity contribution in [2.45, 2.75) is 39.7 Å². The number of aromatic nitrogens is 4. The lowest BCUT2D eigenvalue weighted by Gasteiger charge is -2.34. The molecule has 0 spiro atoms. The standard InChI is InChI=1S/C19H26N6O2/c1-12(13(2)19-22-14(3)23-24-19)18(20)25-9-7-15(8-10-25)27-16-5-6-17(26-4)21-11-16/h5-6,11,15,20H,7-10H2,1-4H3,(H,22,23,24)/b13-12-,20-18?. The largest absolute Gasteiger partial charge is 0.489 e. The van der Waals surface area contributed by atoms with Gasteiger partial charge in [-0.25, -0.2) is 9.97 Å². The zero-order valence-electron chi connectivity index (χ0n) is 16.2. The monoisotopic (exact) mass is 370 g/mol. The Balaban J connectivity index is 1.57. The van der Waals surface area contributed by atoms with E-state index in [4.69, 9.17) is 14.9 Å². The summed E-state index contributed by atoms with van der Waals surface area (Å²) in [6, 6.07) is 3.66. The van der Waals surface area contributed by atoms with Crippen molar-refractivity contribution < 1.29 is 9.47 Å². The highest BCUT2D eigenvalue weighted by Gasteiger charge is 2.24. The number of hydrogen-bond acceptors (Lipinski definition) is 6. The molecule has 1 saturated heterocycles. The minimum atomic E-state index is 0.130. The molecule has 1 aliphatic heterocycles. The molecule has 2 aromatic rings. The Labute approximate surface area is 159 Å². The molecule has 3 heterocycles. The third-order valence-electron chi connectivity index (χ3n) is 4.83. The van der Waals surface area contributed by atoms with Crippen LogP contribution in [0.3, 0.4) is 0 Å². The summed E-state index contributed by atoms with van der Waals surface area (Å²) >= 11 is 0. The molecule has 0 saturated carbocycles. The number of nitrogens with one attached hydrogen (secondary N) is 2. The summed E-state index contributed by atoms with van der Waals surface area (Å²) in [7, 11) is 1.59. The molecule has 1 fully saturated rings. The number of ether oxygens (including phenoxy) is 2. The van der Waals surface area contributed by atoms with Crippen molar-refractivity contribution in [1.29, 1.82) is 5.41 Å². The van der Waals surface area contributed by atoms with Crippen molar-refractivity contribution in [3.05, 3.63) is 35.6 Å². The Morgan fingerprint density at radius 1 is 1.26 bits per heavy atom. The molecule has 0 unspecified atom stereocenters. The third-order valence-corrected chi connectivity index (χ3v) is 4.83. The fourth-order valence-corrected chi connectivity index (χ4v) is 3.04. The Bertz CT molecular complexity index is 819. The van der Waals surface area contributed by atoms with E-state index in [0.29, 0.717) is 17.5 Å². The van der Waals surface area contributed by atoms with Crippen LogP contribution in [0.25, 0.3) is 5.57 Å². The van der Waals surface area contributed by atoms with Gasteiger partial charge in [0.1, 0.15) is 23.5 Å². The normalized spacial score (nSPS) is 16.1. The number of nitrogens with zero attached hydrogens (tertiary/aromatic N) is 4. The second-order valence-corrected chi connectivity index (χ2v) is 6.68. The number of aryl methyl sites for hydroxylation is 1. The molecular formula is C19H26N6O2. The van der Waals surface area contributed by atoms with Crippen molar-refractivity contribution in [1.82, 2.24) is 25.1 Å². The number of hydrogen-bond donors (Lipinski definition) is 2. The molecule has 0 amide bonds. The first-order chi connectivity index (χ1) is 13.0. The van der Waals surface area contributed by atoms with Crippen LogP contribution in [-0.4, -0.2) is 57.2 Å². The van der Waals surface area contributed by atoms with Gasteiger partial charge >= 0.3 is 0 Å². The Morgan fingerprint density at radius 3 is 2.56 bits per heavy atom. The minimum absolute atomic E-state index is 0.130. The maximum absolute atomic E-state index is 8.55. The van der Waals surface area contributed by atoms with E-state index in [1.54, 1.807) is 19.4 Å². The van der Waals surface area contributed by atoms with Crippen LogP contribution in [0.2, 0.25) is 0 Å². The van der Waals surface area contributed by atoms with Crippen molar-refractivity contribution in [3.8, 4) is 11.6 Å². The van der Waals surface area contributed by atoms with Gasteiger partial charge in [0.25, 0.3) is 0 Å². The summed E-state index contributed by atoms with van der Waals surface area (Å²) in [5.74, 6) is 3.27. The number of rotatable bonds is 5. The van der Waals surface area contributed by atoms with Crippen LogP contribution >= 0.6 is 0 Å². The summed E-state index contributed by atoms with van der Waals surface area (Å²) in [5, 5.41) is 15.6. The molecule has 27 heavy (non-hydrogen) atoms. The van der Waals surface area contributed by atoms with E-state index in [1.165, 1.54) is 0 Å². The smallest absolute Gasteiger partial charge is 0.213 e. The van der Waals surface area contributed by atoms with Crippen LogP contribution in [0.15, 0.2) is 23.9 Å². The summed E-state index contributed by atoms with van der Waals surface area (Å²) in [4.78, 5) is 10.6. The van der Waals surface area contributed by atoms with Gasteiger partial charge in [-0.05, 0) is 32.4 Å². The zero-order valence-corrected chi connectivity index (χ0v) is 16.2. The van der Waals surface area contributed by atoms with Crippen LogP contribution in [0, 0.1) is 12.3 Å². The van der Waals surface area contributed by atoms with Crippen molar-refractivity contribution in [3.63, 3.8) is 0 Å². The van der Waals surface area contributed by atoms with Gasteiger partial charge in [-0.3, -0.25) is 10.5 Å². The summed E-state index contributed by atoms with van der Waals surface area (Å²) in [6.45, 7) is 7.34. The lowest BCUT2D eigenvalue weighted by molar-refractivity contribution is 0.130. The highest BCUT2D eigenvalue weighted by Crippen LogP contribution is 2.22. The van der Waals surface area contributed by atoms with Crippen LogP contribution < -0.4 is 9.47 Å². The number of likely N-dealkylation sites (tertiary alicyclic amines) is 1. The van der Waals surface area contributed by atoms with Gasteiger partial charge in [-0.15, -0.1) is 0 Å². The van der Waals surface area contributed by atoms with Gasteiger partial charge in [0.2, 0.25) is 5.88 Å². The lowest BCUT2D eigenvalue weighted by atomic mass is 10.0. The highest BCUT2D eigenvalue weighted by molar-refractivity contribution is 6.01. The predicted molar refractivity (Wildman–Crippen MR) is 103 cm³/mol. The molecule has 0 bridgehead atoms. The van der Waals surface area contributed by atoms with E-state index >= 15 is 0 Å². The van der Waals surface area contributed by atoms with Crippen molar-refractivity contribution >= 4 is 11.4 Å². The molecule has 0 aliphatic carbocycles. The van der Waals surface area contributed by atoms with Crippen LogP contribution in [0.5, 0.6) is 11.6 Å². The first kappa shape index (κ1) is 18.9.